The standard InChI is InChI=1S/C19H17Cl2F4N3O2/c20-10-5-8-26-13(9-10)15(18(30)6-3-11(22)4-7-18)28-17(29)12-1-2-14(19(23,24)25)27-16(12)21/h1-2,5,8-9,11,15,30H,3-4,6-7H2,(H,28,29)/t11-,15?,18+. The van der Waals surface area contributed by atoms with Crippen LogP contribution in [-0.2, 0) is 6.18 Å². The van der Waals surface area contributed by atoms with E-state index in [0.717, 1.165) is 6.07 Å². The Bertz CT molecular complexity index is 934. The highest BCUT2D eigenvalue weighted by Crippen LogP contribution is 2.39. The van der Waals surface area contributed by atoms with E-state index in [-0.39, 0.29) is 36.9 Å². The van der Waals surface area contributed by atoms with Gasteiger partial charge >= 0.3 is 6.18 Å². The normalized spacial score (nSPS) is 23.1. The van der Waals surface area contributed by atoms with Crippen molar-refractivity contribution in [2.75, 3.05) is 0 Å². The summed E-state index contributed by atoms with van der Waals surface area (Å²) in [5.74, 6) is -0.858. The van der Waals surface area contributed by atoms with Crippen LogP contribution in [0.4, 0.5) is 17.6 Å². The summed E-state index contributed by atoms with van der Waals surface area (Å²) in [6, 6.07) is 3.39. The number of hydrogen-bond acceptors (Lipinski definition) is 4. The molecule has 1 aliphatic rings. The highest BCUT2D eigenvalue weighted by atomic mass is 35.5. The minimum Gasteiger partial charge on any atom is -0.387 e. The third-order valence-corrected chi connectivity index (χ3v) is 5.54. The fraction of sp³-hybridized carbons (Fsp3) is 0.421. The fourth-order valence-corrected chi connectivity index (χ4v) is 3.81. The molecule has 11 heteroatoms. The van der Waals surface area contributed by atoms with Crippen LogP contribution >= 0.6 is 23.2 Å². The minimum absolute atomic E-state index is 0.0479. The molecule has 0 aromatic carbocycles. The van der Waals surface area contributed by atoms with Gasteiger partial charge < -0.3 is 10.4 Å². The molecular weight excluding hydrogens is 449 g/mol. The SMILES string of the molecule is O=C(NC(c1cc(Cl)ccn1)[C@]1(O)CC[C@@H](F)CC1)c1ccc(C(F)(F)F)nc1Cl. The van der Waals surface area contributed by atoms with Crippen LogP contribution < -0.4 is 5.32 Å². The molecule has 1 saturated carbocycles. The van der Waals surface area contributed by atoms with E-state index in [2.05, 4.69) is 15.3 Å². The predicted molar refractivity (Wildman–Crippen MR) is 102 cm³/mol. The number of hydrogen-bond donors (Lipinski definition) is 2. The number of rotatable bonds is 4. The monoisotopic (exact) mass is 465 g/mol. The molecule has 1 fully saturated rings. The van der Waals surface area contributed by atoms with Gasteiger partial charge in [0.15, 0.2) is 0 Å². The topological polar surface area (TPSA) is 75.1 Å². The van der Waals surface area contributed by atoms with Crippen molar-refractivity contribution in [1.29, 1.82) is 0 Å². The first-order valence-corrected chi connectivity index (χ1v) is 9.78. The molecule has 0 aliphatic heterocycles. The Kier molecular flexibility index (Phi) is 6.54. The van der Waals surface area contributed by atoms with Crippen molar-refractivity contribution in [3.8, 4) is 0 Å². The van der Waals surface area contributed by atoms with Crippen LogP contribution in [0.15, 0.2) is 30.5 Å². The van der Waals surface area contributed by atoms with E-state index < -0.39 is 40.7 Å². The maximum atomic E-state index is 13.6. The number of carbonyl (C=O) groups is 1. The number of amides is 1. The lowest BCUT2D eigenvalue weighted by molar-refractivity contribution is -0.141. The number of alkyl halides is 4. The predicted octanol–water partition coefficient (Wildman–Crippen LogP) is 4.92. The van der Waals surface area contributed by atoms with Crippen LogP contribution in [-0.4, -0.2) is 32.8 Å². The van der Waals surface area contributed by atoms with Crippen LogP contribution in [0.1, 0.15) is 53.5 Å². The highest BCUT2D eigenvalue weighted by molar-refractivity contribution is 6.32. The smallest absolute Gasteiger partial charge is 0.387 e. The Balaban J connectivity index is 1.92. The van der Waals surface area contributed by atoms with E-state index in [1.165, 1.54) is 18.3 Å². The summed E-state index contributed by atoms with van der Waals surface area (Å²) in [5.41, 5.74) is -2.84. The van der Waals surface area contributed by atoms with Gasteiger partial charge in [-0.25, -0.2) is 9.37 Å². The van der Waals surface area contributed by atoms with Gasteiger partial charge in [0.2, 0.25) is 0 Å². The number of aromatic nitrogens is 2. The van der Waals surface area contributed by atoms with Crippen molar-refractivity contribution in [1.82, 2.24) is 15.3 Å². The summed E-state index contributed by atoms with van der Waals surface area (Å²) in [4.78, 5) is 20.2. The van der Waals surface area contributed by atoms with E-state index in [1.807, 2.05) is 0 Å². The lowest BCUT2D eigenvalue weighted by atomic mass is 9.77. The molecule has 0 radical (unpaired) electrons. The Hall–Kier alpha value is -1.97. The summed E-state index contributed by atoms with van der Waals surface area (Å²) in [6.45, 7) is 0. The number of nitrogens with one attached hydrogen (secondary N) is 1. The first-order valence-electron chi connectivity index (χ1n) is 9.02. The maximum Gasteiger partial charge on any atom is 0.433 e. The lowest BCUT2D eigenvalue weighted by Crippen LogP contribution is -2.49. The van der Waals surface area contributed by atoms with Crippen molar-refractivity contribution < 1.29 is 27.5 Å². The first kappa shape index (κ1) is 22.7. The fourth-order valence-electron chi connectivity index (χ4n) is 3.40. The lowest BCUT2D eigenvalue weighted by Gasteiger charge is -2.40. The summed E-state index contributed by atoms with van der Waals surface area (Å²) < 4.78 is 52.0. The zero-order chi connectivity index (χ0) is 22.1. The van der Waals surface area contributed by atoms with Gasteiger partial charge in [0.1, 0.15) is 23.1 Å². The summed E-state index contributed by atoms with van der Waals surface area (Å²) >= 11 is 11.8. The second-order valence-electron chi connectivity index (χ2n) is 7.12. The number of pyridine rings is 2. The van der Waals surface area contributed by atoms with Crippen molar-refractivity contribution in [3.63, 3.8) is 0 Å². The van der Waals surface area contributed by atoms with E-state index in [4.69, 9.17) is 23.2 Å². The molecule has 1 unspecified atom stereocenters. The van der Waals surface area contributed by atoms with Crippen molar-refractivity contribution >= 4 is 29.1 Å². The van der Waals surface area contributed by atoms with Crippen molar-refractivity contribution in [2.45, 2.75) is 49.7 Å². The van der Waals surface area contributed by atoms with Gasteiger partial charge in [-0.05, 0) is 49.9 Å². The average molecular weight is 466 g/mol. The molecule has 2 N–H and O–H groups in total. The van der Waals surface area contributed by atoms with Gasteiger partial charge in [0.25, 0.3) is 5.91 Å². The number of carbonyl (C=O) groups excluding carboxylic acids is 1. The molecular formula is C19H17Cl2F4N3O2. The molecule has 1 amide bonds. The molecule has 2 aromatic heterocycles. The average Bonchev–Trinajstić information content (AvgIpc) is 2.67. The van der Waals surface area contributed by atoms with E-state index >= 15 is 0 Å². The quantitative estimate of drug-likeness (QED) is 0.496. The molecule has 30 heavy (non-hydrogen) atoms. The van der Waals surface area contributed by atoms with E-state index in [0.29, 0.717) is 11.1 Å². The summed E-state index contributed by atoms with van der Waals surface area (Å²) in [5, 5.41) is 13.4. The zero-order valence-corrected chi connectivity index (χ0v) is 16.9. The maximum absolute atomic E-state index is 13.6. The second-order valence-corrected chi connectivity index (χ2v) is 7.91. The third kappa shape index (κ3) is 5.01. The molecule has 3 rings (SSSR count). The van der Waals surface area contributed by atoms with Crippen molar-refractivity contribution in [2.24, 2.45) is 0 Å². The molecule has 2 aromatic rings. The number of aliphatic hydroxyl groups is 1. The summed E-state index contributed by atoms with van der Waals surface area (Å²) in [6.07, 6.45) is -4.13. The number of nitrogens with zero attached hydrogens (tertiary/aromatic N) is 2. The van der Waals surface area contributed by atoms with Gasteiger partial charge in [-0.3, -0.25) is 9.78 Å². The molecule has 2 heterocycles. The first-order chi connectivity index (χ1) is 14.0. The van der Waals surface area contributed by atoms with Gasteiger partial charge in [-0.15, -0.1) is 0 Å². The van der Waals surface area contributed by atoms with E-state index in [9.17, 15) is 27.5 Å². The second kappa shape index (κ2) is 8.64. The molecule has 0 bridgehead atoms. The molecule has 1 atom stereocenters. The molecule has 0 spiro atoms. The number of halogens is 6. The van der Waals surface area contributed by atoms with Crippen LogP contribution in [0, 0.1) is 0 Å². The van der Waals surface area contributed by atoms with Crippen LogP contribution in [0.5, 0.6) is 0 Å². The van der Waals surface area contributed by atoms with Gasteiger partial charge in [0.05, 0.1) is 16.9 Å². The molecule has 0 saturated heterocycles. The van der Waals surface area contributed by atoms with Crippen molar-refractivity contribution in [3.05, 3.63) is 57.6 Å². The zero-order valence-electron chi connectivity index (χ0n) is 15.4. The van der Waals surface area contributed by atoms with E-state index in [1.54, 1.807) is 0 Å². The third-order valence-electron chi connectivity index (χ3n) is 5.02. The Morgan fingerprint density at radius 1 is 1.23 bits per heavy atom. The molecule has 162 valence electrons. The highest BCUT2D eigenvalue weighted by Gasteiger charge is 2.43. The molecule has 1 aliphatic carbocycles. The van der Waals surface area contributed by atoms with Gasteiger partial charge in [0, 0.05) is 11.2 Å². The minimum atomic E-state index is -4.72. The Morgan fingerprint density at radius 3 is 2.47 bits per heavy atom. The van der Waals surface area contributed by atoms with Gasteiger partial charge in [-0.2, -0.15) is 13.2 Å². The Labute approximate surface area is 179 Å². The largest absolute Gasteiger partial charge is 0.433 e. The van der Waals surface area contributed by atoms with Crippen LogP contribution in [0.2, 0.25) is 10.2 Å². The van der Waals surface area contributed by atoms with Crippen LogP contribution in [0.3, 0.4) is 0 Å². The van der Waals surface area contributed by atoms with Gasteiger partial charge in [-0.1, -0.05) is 23.2 Å². The van der Waals surface area contributed by atoms with Crippen LogP contribution in [0.25, 0.3) is 0 Å². The summed E-state index contributed by atoms with van der Waals surface area (Å²) in [7, 11) is 0. The Morgan fingerprint density at radius 2 is 1.90 bits per heavy atom. The molecule has 5 nitrogen and oxygen atoms in total.